The highest BCUT2D eigenvalue weighted by Gasteiger charge is 2.33. The molecule has 6 nitrogen and oxygen atoms in total. The Labute approximate surface area is 125 Å². The number of benzene rings is 1. The van der Waals surface area contributed by atoms with Crippen LogP contribution in [0.1, 0.15) is 20.3 Å². The molecule has 1 aromatic carbocycles. The van der Waals surface area contributed by atoms with Gasteiger partial charge in [0.1, 0.15) is 11.3 Å². The number of hydrogen-bond donors (Lipinski definition) is 2. The molecule has 2 N–H and O–H groups in total. The van der Waals surface area contributed by atoms with E-state index in [0.29, 0.717) is 5.75 Å². The van der Waals surface area contributed by atoms with Gasteiger partial charge in [-0.2, -0.15) is 0 Å². The van der Waals surface area contributed by atoms with Gasteiger partial charge in [-0.3, -0.25) is 4.79 Å². The Morgan fingerprint density at radius 2 is 1.90 bits per heavy atom. The number of sulfone groups is 1. The molecule has 1 aromatic rings. The third-order valence-electron chi connectivity index (χ3n) is 3.31. The molecular formula is C14H21NO5S. The molecule has 0 fully saturated rings. The van der Waals surface area contributed by atoms with Crippen LogP contribution < -0.4 is 10.1 Å². The first kappa shape index (κ1) is 17.5. The second-order valence-corrected chi connectivity index (χ2v) is 7.28. The minimum Gasteiger partial charge on any atom is -0.491 e. The molecule has 0 aromatic heterocycles. The summed E-state index contributed by atoms with van der Waals surface area (Å²) < 4.78 is 28.3. The number of carbonyl (C=O) groups is 1. The summed E-state index contributed by atoms with van der Waals surface area (Å²) in [5.74, 6) is -0.452. The number of rotatable bonds is 7. The minimum absolute atomic E-state index is 0.216. The predicted molar refractivity (Wildman–Crippen MR) is 79.4 cm³/mol. The maximum absolute atomic E-state index is 11.4. The molecule has 2 atom stereocenters. The quantitative estimate of drug-likeness (QED) is 0.788. The van der Waals surface area contributed by atoms with Crippen LogP contribution in [0.5, 0.6) is 5.75 Å². The maximum atomic E-state index is 11.4. The Bertz CT molecular complexity index is 596. The molecule has 0 aliphatic heterocycles. The van der Waals surface area contributed by atoms with Crippen molar-refractivity contribution in [1.82, 2.24) is 5.32 Å². The highest BCUT2D eigenvalue weighted by atomic mass is 32.2. The van der Waals surface area contributed by atoms with Crippen LogP contribution in [0.15, 0.2) is 29.2 Å². The third-order valence-corrected chi connectivity index (χ3v) is 4.44. The van der Waals surface area contributed by atoms with E-state index in [-0.39, 0.29) is 17.4 Å². The standard InChI is InChI=1S/C14H21NO5S/c1-10(9-14(2,15-3)13(16)17)20-11-5-7-12(8-6-11)21(4,18)19/h5-8,10,15H,9H2,1-4H3,(H,16,17). The first-order chi connectivity index (χ1) is 9.58. The van der Waals surface area contributed by atoms with E-state index in [0.717, 1.165) is 6.26 Å². The Kier molecular flexibility index (Phi) is 5.36. The van der Waals surface area contributed by atoms with Gasteiger partial charge < -0.3 is 15.2 Å². The van der Waals surface area contributed by atoms with Crippen LogP contribution in [0.2, 0.25) is 0 Å². The van der Waals surface area contributed by atoms with Gasteiger partial charge in [0.05, 0.1) is 11.0 Å². The smallest absolute Gasteiger partial charge is 0.323 e. The molecule has 0 saturated carbocycles. The van der Waals surface area contributed by atoms with E-state index in [1.807, 2.05) is 0 Å². The summed E-state index contributed by atoms with van der Waals surface area (Å²) in [6, 6.07) is 6.05. The summed E-state index contributed by atoms with van der Waals surface area (Å²) in [4.78, 5) is 11.4. The number of likely N-dealkylation sites (N-methyl/N-ethyl adjacent to an activating group) is 1. The predicted octanol–water partition coefficient (Wildman–Crippen LogP) is 1.31. The number of aliphatic carboxylic acids is 1. The average molecular weight is 315 g/mol. The topological polar surface area (TPSA) is 92.7 Å². The number of carboxylic acid groups (broad SMARTS) is 1. The maximum Gasteiger partial charge on any atom is 0.323 e. The lowest BCUT2D eigenvalue weighted by molar-refractivity contribution is -0.145. The van der Waals surface area contributed by atoms with Gasteiger partial charge in [-0.15, -0.1) is 0 Å². The fourth-order valence-corrected chi connectivity index (χ4v) is 2.54. The molecule has 2 unspecified atom stereocenters. The van der Waals surface area contributed by atoms with E-state index in [9.17, 15) is 18.3 Å². The van der Waals surface area contributed by atoms with Gasteiger partial charge in [0, 0.05) is 12.7 Å². The minimum atomic E-state index is -3.24. The molecule has 7 heteroatoms. The molecule has 0 aliphatic carbocycles. The lowest BCUT2D eigenvalue weighted by Crippen LogP contribution is -2.50. The van der Waals surface area contributed by atoms with E-state index >= 15 is 0 Å². The summed E-state index contributed by atoms with van der Waals surface area (Å²) in [6.45, 7) is 3.35. The number of ether oxygens (including phenoxy) is 1. The van der Waals surface area contributed by atoms with Crippen LogP contribution in [0.4, 0.5) is 0 Å². The number of nitrogens with one attached hydrogen (secondary N) is 1. The molecule has 1 rings (SSSR count). The molecule has 0 amide bonds. The van der Waals surface area contributed by atoms with E-state index in [4.69, 9.17) is 4.74 Å². The van der Waals surface area contributed by atoms with E-state index < -0.39 is 21.3 Å². The van der Waals surface area contributed by atoms with Gasteiger partial charge in [0.2, 0.25) is 0 Å². The van der Waals surface area contributed by atoms with E-state index in [1.54, 1.807) is 33.0 Å². The first-order valence-electron chi connectivity index (χ1n) is 6.47. The van der Waals surface area contributed by atoms with Crippen LogP contribution in [0.25, 0.3) is 0 Å². The van der Waals surface area contributed by atoms with Crippen molar-refractivity contribution in [3.8, 4) is 5.75 Å². The largest absolute Gasteiger partial charge is 0.491 e. The Morgan fingerprint density at radius 1 is 1.38 bits per heavy atom. The molecule has 0 aliphatic rings. The van der Waals surface area contributed by atoms with Crippen molar-refractivity contribution >= 4 is 15.8 Å². The van der Waals surface area contributed by atoms with Crippen molar-refractivity contribution in [3.05, 3.63) is 24.3 Å². The van der Waals surface area contributed by atoms with Crippen LogP contribution in [0, 0.1) is 0 Å². The van der Waals surface area contributed by atoms with Crippen molar-refractivity contribution in [2.75, 3.05) is 13.3 Å². The fourth-order valence-electron chi connectivity index (χ4n) is 1.91. The van der Waals surface area contributed by atoms with Gasteiger partial charge in [0.15, 0.2) is 9.84 Å². The van der Waals surface area contributed by atoms with Crippen molar-refractivity contribution < 1.29 is 23.1 Å². The Morgan fingerprint density at radius 3 is 2.29 bits per heavy atom. The summed E-state index contributed by atoms with van der Waals surface area (Å²) in [5, 5.41) is 12.0. The molecule has 0 spiro atoms. The normalized spacial score (nSPS) is 16.0. The molecule has 0 radical (unpaired) electrons. The Balaban J connectivity index is 2.76. The SMILES string of the molecule is CNC(C)(CC(C)Oc1ccc(S(C)(=O)=O)cc1)C(=O)O. The van der Waals surface area contributed by atoms with Crippen molar-refractivity contribution in [3.63, 3.8) is 0 Å². The van der Waals surface area contributed by atoms with E-state index in [1.165, 1.54) is 12.1 Å². The van der Waals surface area contributed by atoms with Crippen molar-refractivity contribution in [1.29, 1.82) is 0 Å². The first-order valence-corrected chi connectivity index (χ1v) is 8.37. The summed E-state index contributed by atoms with van der Waals surface area (Å²) >= 11 is 0. The molecule has 0 bridgehead atoms. The molecule has 0 heterocycles. The van der Waals surface area contributed by atoms with Gasteiger partial charge in [-0.25, -0.2) is 8.42 Å². The zero-order valence-corrected chi connectivity index (χ0v) is 13.4. The number of hydrogen-bond acceptors (Lipinski definition) is 5. The van der Waals surface area contributed by atoms with Gasteiger partial charge in [0.25, 0.3) is 0 Å². The molecule has 118 valence electrons. The van der Waals surface area contributed by atoms with Crippen molar-refractivity contribution in [2.45, 2.75) is 36.8 Å². The third kappa shape index (κ3) is 4.71. The van der Waals surface area contributed by atoms with E-state index in [2.05, 4.69) is 5.32 Å². The van der Waals surface area contributed by atoms with Crippen LogP contribution in [-0.2, 0) is 14.6 Å². The number of carboxylic acids is 1. The summed E-state index contributed by atoms with van der Waals surface area (Å²) in [7, 11) is -1.65. The fraction of sp³-hybridized carbons (Fsp3) is 0.500. The van der Waals surface area contributed by atoms with Crippen LogP contribution >= 0.6 is 0 Å². The zero-order chi connectivity index (χ0) is 16.3. The zero-order valence-electron chi connectivity index (χ0n) is 12.6. The summed E-state index contributed by atoms with van der Waals surface area (Å²) in [5.41, 5.74) is -1.08. The lowest BCUT2D eigenvalue weighted by Gasteiger charge is -2.27. The van der Waals surface area contributed by atoms with Crippen molar-refractivity contribution in [2.24, 2.45) is 0 Å². The van der Waals surface area contributed by atoms with Gasteiger partial charge >= 0.3 is 5.97 Å². The highest BCUT2D eigenvalue weighted by Crippen LogP contribution is 2.20. The van der Waals surface area contributed by atoms with Crippen LogP contribution in [0.3, 0.4) is 0 Å². The lowest BCUT2D eigenvalue weighted by atomic mass is 9.95. The summed E-state index contributed by atoms with van der Waals surface area (Å²) in [6.07, 6.45) is 1.06. The second-order valence-electron chi connectivity index (χ2n) is 5.26. The van der Waals surface area contributed by atoms with Gasteiger partial charge in [-0.05, 0) is 45.2 Å². The second kappa shape index (κ2) is 6.44. The molecule has 21 heavy (non-hydrogen) atoms. The Hall–Kier alpha value is -1.60. The highest BCUT2D eigenvalue weighted by molar-refractivity contribution is 7.90. The molecular weight excluding hydrogens is 294 g/mol. The average Bonchev–Trinajstić information content (AvgIpc) is 2.37. The van der Waals surface area contributed by atoms with Gasteiger partial charge in [-0.1, -0.05) is 0 Å². The molecule has 0 saturated heterocycles. The monoisotopic (exact) mass is 315 g/mol. The van der Waals surface area contributed by atoms with Crippen LogP contribution in [-0.4, -0.2) is 44.4 Å².